The summed E-state index contributed by atoms with van der Waals surface area (Å²) in [6, 6.07) is 0. The molecule has 0 saturated carbocycles. The SMILES string of the molecule is CS(=O)(=O)CCNC(N)=NCC1CCCO1.I. The summed E-state index contributed by atoms with van der Waals surface area (Å²) in [7, 11) is -2.95. The maximum absolute atomic E-state index is 10.8. The molecule has 1 unspecified atom stereocenters. The lowest BCUT2D eigenvalue weighted by Crippen LogP contribution is -2.35. The van der Waals surface area contributed by atoms with Crippen molar-refractivity contribution in [3.63, 3.8) is 0 Å². The molecule has 1 rings (SSSR count). The predicted octanol–water partition coefficient (Wildman–Crippen LogP) is -0.268. The zero-order chi connectivity index (χ0) is 12.0. The fourth-order valence-corrected chi connectivity index (χ4v) is 1.88. The van der Waals surface area contributed by atoms with Crippen LogP contribution in [0.3, 0.4) is 0 Å². The number of nitrogens with two attached hydrogens (primary N) is 1. The first kappa shape index (κ1) is 16.9. The molecule has 3 N–H and O–H groups in total. The van der Waals surface area contributed by atoms with Crippen molar-refractivity contribution in [2.24, 2.45) is 10.7 Å². The molecular weight excluding hydrogens is 357 g/mol. The van der Waals surface area contributed by atoms with Gasteiger partial charge in [0.1, 0.15) is 9.84 Å². The van der Waals surface area contributed by atoms with Crippen LogP contribution in [0, 0.1) is 0 Å². The number of guanidine groups is 1. The number of nitrogens with one attached hydrogen (secondary N) is 1. The van der Waals surface area contributed by atoms with E-state index in [-0.39, 0.29) is 41.8 Å². The Kier molecular flexibility index (Phi) is 8.05. The summed E-state index contributed by atoms with van der Waals surface area (Å²) in [5.41, 5.74) is 5.57. The second kappa shape index (κ2) is 8.09. The number of rotatable bonds is 5. The molecule has 0 radical (unpaired) electrons. The Morgan fingerprint density at radius 1 is 1.59 bits per heavy atom. The highest BCUT2D eigenvalue weighted by Gasteiger charge is 2.14. The third-order valence-corrected chi connectivity index (χ3v) is 3.21. The number of nitrogens with zero attached hydrogens (tertiary/aromatic N) is 1. The molecule has 0 aromatic carbocycles. The maximum Gasteiger partial charge on any atom is 0.188 e. The van der Waals surface area contributed by atoms with Gasteiger partial charge in [0, 0.05) is 19.4 Å². The van der Waals surface area contributed by atoms with E-state index in [1.165, 1.54) is 6.26 Å². The average Bonchev–Trinajstić information content (AvgIpc) is 2.65. The Hall–Kier alpha value is -0.0900. The van der Waals surface area contributed by atoms with Crippen LogP contribution in [0.5, 0.6) is 0 Å². The number of aliphatic imine (C=N–C) groups is 1. The van der Waals surface area contributed by atoms with Gasteiger partial charge in [0.15, 0.2) is 5.96 Å². The molecule has 1 aliphatic rings. The van der Waals surface area contributed by atoms with E-state index >= 15 is 0 Å². The standard InChI is InChI=1S/C9H19N3O3S.HI/c1-16(13,14)6-4-11-9(10)12-7-8-3-2-5-15-8;/h8H,2-7H2,1H3,(H3,10,11,12);1H. The summed E-state index contributed by atoms with van der Waals surface area (Å²) in [6.07, 6.45) is 3.44. The van der Waals surface area contributed by atoms with Crippen LogP contribution in [0.2, 0.25) is 0 Å². The molecular formula is C9H20IN3O3S. The second-order valence-corrected chi connectivity index (χ2v) is 6.18. The van der Waals surface area contributed by atoms with Gasteiger partial charge in [-0.1, -0.05) is 0 Å². The first-order chi connectivity index (χ1) is 7.47. The van der Waals surface area contributed by atoms with Gasteiger partial charge in [-0.3, -0.25) is 4.99 Å². The Balaban J connectivity index is 0.00000256. The molecule has 17 heavy (non-hydrogen) atoms. The minimum absolute atomic E-state index is 0. The van der Waals surface area contributed by atoms with Crippen molar-refractivity contribution in [1.82, 2.24) is 5.32 Å². The summed E-state index contributed by atoms with van der Waals surface area (Å²) < 4.78 is 27.1. The lowest BCUT2D eigenvalue weighted by molar-refractivity contribution is 0.118. The second-order valence-electron chi connectivity index (χ2n) is 3.92. The average molecular weight is 377 g/mol. The predicted molar refractivity (Wildman–Crippen MR) is 78.6 cm³/mol. The van der Waals surface area contributed by atoms with Crippen LogP contribution in [0.15, 0.2) is 4.99 Å². The Labute approximate surface area is 119 Å². The molecule has 1 heterocycles. The zero-order valence-corrected chi connectivity index (χ0v) is 13.0. The van der Waals surface area contributed by atoms with Gasteiger partial charge in [-0.2, -0.15) is 0 Å². The van der Waals surface area contributed by atoms with E-state index in [2.05, 4.69) is 10.3 Å². The molecule has 0 amide bonds. The number of halogens is 1. The van der Waals surface area contributed by atoms with Gasteiger partial charge in [-0.15, -0.1) is 24.0 Å². The van der Waals surface area contributed by atoms with E-state index in [9.17, 15) is 8.42 Å². The van der Waals surface area contributed by atoms with Gasteiger partial charge >= 0.3 is 0 Å². The number of hydrogen-bond donors (Lipinski definition) is 2. The van der Waals surface area contributed by atoms with Gasteiger partial charge < -0.3 is 15.8 Å². The number of hydrogen-bond acceptors (Lipinski definition) is 4. The van der Waals surface area contributed by atoms with Crippen molar-refractivity contribution in [1.29, 1.82) is 0 Å². The minimum Gasteiger partial charge on any atom is -0.376 e. The van der Waals surface area contributed by atoms with Crippen molar-refractivity contribution in [3.05, 3.63) is 0 Å². The molecule has 8 heteroatoms. The molecule has 6 nitrogen and oxygen atoms in total. The van der Waals surface area contributed by atoms with Crippen LogP contribution < -0.4 is 11.1 Å². The lowest BCUT2D eigenvalue weighted by Gasteiger charge is -2.07. The number of ether oxygens (including phenoxy) is 1. The van der Waals surface area contributed by atoms with Crippen LogP contribution in [-0.2, 0) is 14.6 Å². The Morgan fingerprint density at radius 3 is 2.82 bits per heavy atom. The minimum atomic E-state index is -2.95. The first-order valence-electron chi connectivity index (χ1n) is 5.30. The van der Waals surface area contributed by atoms with Crippen LogP contribution in [0.25, 0.3) is 0 Å². The summed E-state index contributed by atoms with van der Waals surface area (Å²) in [5, 5.41) is 2.76. The fraction of sp³-hybridized carbons (Fsp3) is 0.889. The summed E-state index contributed by atoms with van der Waals surface area (Å²) in [6.45, 7) is 1.62. The molecule has 0 aliphatic carbocycles. The number of sulfone groups is 1. The van der Waals surface area contributed by atoms with Gasteiger partial charge in [-0.25, -0.2) is 8.42 Å². The molecule has 0 aromatic rings. The monoisotopic (exact) mass is 377 g/mol. The quantitative estimate of drug-likeness (QED) is 0.391. The van der Waals surface area contributed by atoms with Gasteiger partial charge in [-0.05, 0) is 12.8 Å². The van der Waals surface area contributed by atoms with Crippen molar-refractivity contribution < 1.29 is 13.2 Å². The van der Waals surface area contributed by atoms with Crippen LogP contribution in [0.4, 0.5) is 0 Å². The topological polar surface area (TPSA) is 93.8 Å². The fourth-order valence-electron chi connectivity index (χ4n) is 1.41. The molecule has 0 spiro atoms. The van der Waals surface area contributed by atoms with E-state index in [1.807, 2.05) is 0 Å². The first-order valence-corrected chi connectivity index (χ1v) is 7.36. The molecule has 1 saturated heterocycles. The Morgan fingerprint density at radius 2 is 2.29 bits per heavy atom. The molecule has 1 atom stereocenters. The normalized spacial score (nSPS) is 21.0. The van der Waals surface area contributed by atoms with Gasteiger partial charge in [0.05, 0.1) is 18.4 Å². The Bertz CT molecular complexity index is 339. The molecule has 0 aromatic heterocycles. The van der Waals surface area contributed by atoms with E-state index in [1.54, 1.807) is 0 Å². The van der Waals surface area contributed by atoms with Crippen molar-refractivity contribution >= 4 is 39.8 Å². The smallest absolute Gasteiger partial charge is 0.188 e. The highest BCUT2D eigenvalue weighted by atomic mass is 127. The van der Waals surface area contributed by atoms with Gasteiger partial charge in [0.2, 0.25) is 0 Å². The third kappa shape index (κ3) is 8.61. The lowest BCUT2D eigenvalue weighted by atomic mass is 10.2. The van der Waals surface area contributed by atoms with Crippen molar-refractivity contribution in [3.8, 4) is 0 Å². The third-order valence-electron chi connectivity index (χ3n) is 2.27. The van der Waals surface area contributed by atoms with E-state index in [0.717, 1.165) is 19.4 Å². The maximum atomic E-state index is 10.8. The van der Waals surface area contributed by atoms with E-state index in [4.69, 9.17) is 10.5 Å². The summed E-state index contributed by atoms with van der Waals surface area (Å²) in [5.74, 6) is 0.336. The van der Waals surface area contributed by atoms with Crippen molar-refractivity contribution in [2.45, 2.75) is 18.9 Å². The van der Waals surface area contributed by atoms with Crippen LogP contribution in [0.1, 0.15) is 12.8 Å². The highest BCUT2D eigenvalue weighted by Crippen LogP contribution is 2.11. The molecule has 0 bridgehead atoms. The van der Waals surface area contributed by atoms with Crippen LogP contribution >= 0.6 is 24.0 Å². The van der Waals surface area contributed by atoms with Gasteiger partial charge in [0.25, 0.3) is 0 Å². The van der Waals surface area contributed by atoms with Crippen LogP contribution in [-0.4, -0.2) is 52.2 Å². The molecule has 1 fully saturated rings. The highest BCUT2D eigenvalue weighted by molar-refractivity contribution is 14.0. The van der Waals surface area contributed by atoms with E-state index < -0.39 is 9.84 Å². The van der Waals surface area contributed by atoms with E-state index in [0.29, 0.717) is 13.1 Å². The largest absolute Gasteiger partial charge is 0.376 e. The molecule has 102 valence electrons. The summed E-state index contributed by atoms with van der Waals surface area (Å²) in [4.78, 5) is 4.09. The summed E-state index contributed by atoms with van der Waals surface area (Å²) >= 11 is 0. The van der Waals surface area contributed by atoms with Crippen molar-refractivity contribution in [2.75, 3.05) is 31.7 Å². The molecule has 1 aliphatic heterocycles. The zero-order valence-electron chi connectivity index (χ0n) is 9.89.